The van der Waals surface area contributed by atoms with E-state index in [1.807, 2.05) is 6.07 Å². The third-order valence-corrected chi connectivity index (χ3v) is 2.80. The fourth-order valence-electron chi connectivity index (χ4n) is 1.66. The highest BCUT2D eigenvalue weighted by molar-refractivity contribution is 5.62. The molecule has 0 radical (unpaired) electrons. The summed E-state index contributed by atoms with van der Waals surface area (Å²) in [6.07, 6.45) is 2.84. The minimum atomic E-state index is 0.0251. The lowest BCUT2D eigenvalue weighted by molar-refractivity contribution is 0.861. The zero-order valence-electron chi connectivity index (χ0n) is 9.60. The van der Waals surface area contributed by atoms with Crippen molar-refractivity contribution in [1.82, 2.24) is 4.57 Å². The van der Waals surface area contributed by atoms with Gasteiger partial charge in [-0.2, -0.15) is 0 Å². The highest BCUT2D eigenvalue weighted by Gasteiger charge is 1.99. The number of rotatable bonds is 2. The van der Waals surface area contributed by atoms with E-state index < -0.39 is 0 Å². The van der Waals surface area contributed by atoms with Crippen LogP contribution in [0.4, 0.5) is 0 Å². The number of hydrogen-bond acceptors (Lipinski definition) is 1. The standard InChI is InChI=1S/C14H15NO/c1-3-11-4-6-12(7-5-11)13-8-9-15(2)14(16)10-13/h4-10H,3H2,1-2H3. The van der Waals surface area contributed by atoms with Crippen LogP contribution >= 0.6 is 0 Å². The maximum Gasteiger partial charge on any atom is 0.250 e. The molecule has 2 nitrogen and oxygen atoms in total. The Hall–Kier alpha value is -1.83. The van der Waals surface area contributed by atoms with Gasteiger partial charge in [-0.15, -0.1) is 0 Å². The number of benzene rings is 1. The average molecular weight is 213 g/mol. The summed E-state index contributed by atoms with van der Waals surface area (Å²) in [5.74, 6) is 0. The van der Waals surface area contributed by atoms with Crippen molar-refractivity contribution in [2.24, 2.45) is 7.05 Å². The molecule has 0 N–H and O–H groups in total. The molecule has 0 aliphatic rings. The highest BCUT2D eigenvalue weighted by atomic mass is 16.1. The topological polar surface area (TPSA) is 22.0 Å². The van der Waals surface area contributed by atoms with Crippen LogP contribution in [0.3, 0.4) is 0 Å². The maximum absolute atomic E-state index is 11.5. The largest absolute Gasteiger partial charge is 0.319 e. The van der Waals surface area contributed by atoms with Gasteiger partial charge in [0.2, 0.25) is 0 Å². The molecule has 0 saturated carbocycles. The Kier molecular flexibility index (Phi) is 2.91. The summed E-state index contributed by atoms with van der Waals surface area (Å²) in [6.45, 7) is 2.13. The van der Waals surface area contributed by atoms with Gasteiger partial charge in [-0.05, 0) is 29.2 Å². The lowest BCUT2D eigenvalue weighted by Gasteiger charge is -2.04. The Bertz CT molecular complexity index is 537. The van der Waals surface area contributed by atoms with Crippen LogP contribution in [0.2, 0.25) is 0 Å². The Morgan fingerprint density at radius 2 is 1.75 bits per heavy atom. The number of pyridine rings is 1. The van der Waals surface area contributed by atoms with Crippen molar-refractivity contribution in [1.29, 1.82) is 0 Å². The molecule has 0 atom stereocenters. The van der Waals surface area contributed by atoms with Gasteiger partial charge in [0.15, 0.2) is 0 Å². The Morgan fingerprint density at radius 1 is 1.06 bits per heavy atom. The van der Waals surface area contributed by atoms with Crippen molar-refractivity contribution in [2.45, 2.75) is 13.3 Å². The summed E-state index contributed by atoms with van der Waals surface area (Å²) in [5.41, 5.74) is 3.41. The van der Waals surface area contributed by atoms with Gasteiger partial charge in [0.1, 0.15) is 0 Å². The molecule has 0 saturated heterocycles. The van der Waals surface area contributed by atoms with Crippen LogP contribution in [0.5, 0.6) is 0 Å². The van der Waals surface area contributed by atoms with Gasteiger partial charge in [0.25, 0.3) is 5.56 Å². The van der Waals surface area contributed by atoms with Gasteiger partial charge in [0, 0.05) is 19.3 Å². The summed E-state index contributed by atoms with van der Waals surface area (Å²) in [4.78, 5) is 11.5. The first-order valence-corrected chi connectivity index (χ1v) is 5.46. The monoisotopic (exact) mass is 213 g/mol. The fraction of sp³-hybridized carbons (Fsp3) is 0.214. The molecule has 0 bridgehead atoms. The smallest absolute Gasteiger partial charge is 0.250 e. The minimum Gasteiger partial charge on any atom is -0.319 e. The van der Waals surface area contributed by atoms with Crippen LogP contribution in [0, 0.1) is 0 Å². The van der Waals surface area contributed by atoms with E-state index in [4.69, 9.17) is 0 Å². The van der Waals surface area contributed by atoms with Gasteiger partial charge < -0.3 is 4.57 Å². The van der Waals surface area contributed by atoms with Crippen molar-refractivity contribution >= 4 is 0 Å². The quantitative estimate of drug-likeness (QED) is 0.751. The van der Waals surface area contributed by atoms with E-state index in [1.165, 1.54) is 5.56 Å². The lowest BCUT2D eigenvalue weighted by Crippen LogP contribution is -2.14. The molecule has 0 amide bonds. The maximum atomic E-state index is 11.5. The molecule has 1 aromatic carbocycles. The summed E-state index contributed by atoms with van der Waals surface area (Å²) in [6, 6.07) is 12.0. The zero-order chi connectivity index (χ0) is 11.5. The predicted octanol–water partition coefficient (Wildman–Crippen LogP) is 2.61. The highest BCUT2D eigenvalue weighted by Crippen LogP contribution is 2.17. The number of hydrogen-bond donors (Lipinski definition) is 0. The first-order valence-electron chi connectivity index (χ1n) is 5.46. The molecule has 0 aliphatic heterocycles. The summed E-state index contributed by atoms with van der Waals surface area (Å²) in [7, 11) is 1.76. The van der Waals surface area contributed by atoms with Gasteiger partial charge in [-0.25, -0.2) is 0 Å². The Morgan fingerprint density at radius 3 is 2.31 bits per heavy atom. The summed E-state index contributed by atoms with van der Waals surface area (Å²) in [5, 5.41) is 0. The van der Waals surface area contributed by atoms with Gasteiger partial charge in [-0.1, -0.05) is 31.2 Å². The number of nitrogens with zero attached hydrogens (tertiary/aromatic N) is 1. The van der Waals surface area contributed by atoms with Crippen LogP contribution < -0.4 is 5.56 Å². The molecule has 2 rings (SSSR count). The molecule has 0 unspecified atom stereocenters. The van der Waals surface area contributed by atoms with Crippen LogP contribution in [0.25, 0.3) is 11.1 Å². The molecule has 0 fully saturated rings. The van der Waals surface area contributed by atoms with Crippen LogP contribution in [0.15, 0.2) is 47.4 Å². The number of aryl methyl sites for hydroxylation is 2. The van der Waals surface area contributed by atoms with E-state index in [9.17, 15) is 4.79 Å². The van der Waals surface area contributed by atoms with E-state index >= 15 is 0 Å². The molecule has 82 valence electrons. The molecule has 0 spiro atoms. The van der Waals surface area contributed by atoms with Crippen molar-refractivity contribution in [3.63, 3.8) is 0 Å². The third-order valence-electron chi connectivity index (χ3n) is 2.80. The predicted molar refractivity (Wildman–Crippen MR) is 66.5 cm³/mol. The van der Waals surface area contributed by atoms with E-state index in [-0.39, 0.29) is 5.56 Å². The van der Waals surface area contributed by atoms with E-state index in [1.54, 1.807) is 23.9 Å². The van der Waals surface area contributed by atoms with Crippen molar-refractivity contribution in [3.05, 3.63) is 58.5 Å². The zero-order valence-corrected chi connectivity index (χ0v) is 9.60. The number of aromatic nitrogens is 1. The Balaban J connectivity index is 2.42. The van der Waals surface area contributed by atoms with Gasteiger partial charge in [0.05, 0.1) is 0 Å². The molecule has 1 aromatic heterocycles. The SMILES string of the molecule is CCc1ccc(-c2ccn(C)c(=O)c2)cc1. The van der Waals surface area contributed by atoms with Crippen LogP contribution in [0.1, 0.15) is 12.5 Å². The second-order valence-corrected chi connectivity index (χ2v) is 3.92. The van der Waals surface area contributed by atoms with E-state index in [0.717, 1.165) is 17.5 Å². The molecular weight excluding hydrogens is 198 g/mol. The molecule has 1 heterocycles. The molecule has 16 heavy (non-hydrogen) atoms. The van der Waals surface area contributed by atoms with E-state index in [2.05, 4.69) is 31.2 Å². The second-order valence-electron chi connectivity index (χ2n) is 3.92. The molecular formula is C14H15NO. The first kappa shape index (κ1) is 10.7. The van der Waals surface area contributed by atoms with Crippen LogP contribution in [-0.2, 0) is 13.5 Å². The van der Waals surface area contributed by atoms with Crippen LogP contribution in [-0.4, -0.2) is 4.57 Å². The second kappa shape index (κ2) is 4.35. The minimum absolute atomic E-state index is 0.0251. The lowest BCUT2D eigenvalue weighted by atomic mass is 10.0. The first-order chi connectivity index (χ1) is 7.70. The van der Waals surface area contributed by atoms with Gasteiger partial charge >= 0.3 is 0 Å². The fourth-order valence-corrected chi connectivity index (χ4v) is 1.66. The molecule has 2 heteroatoms. The average Bonchev–Trinajstić information content (AvgIpc) is 2.33. The summed E-state index contributed by atoms with van der Waals surface area (Å²) >= 11 is 0. The summed E-state index contributed by atoms with van der Waals surface area (Å²) < 4.78 is 1.57. The van der Waals surface area contributed by atoms with Crippen molar-refractivity contribution in [2.75, 3.05) is 0 Å². The van der Waals surface area contributed by atoms with Crippen molar-refractivity contribution < 1.29 is 0 Å². The van der Waals surface area contributed by atoms with E-state index in [0.29, 0.717) is 0 Å². The Labute approximate surface area is 95.2 Å². The van der Waals surface area contributed by atoms with Gasteiger partial charge in [-0.3, -0.25) is 4.79 Å². The van der Waals surface area contributed by atoms with Crippen molar-refractivity contribution in [3.8, 4) is 11.1 Å². The normalized spacial score (nSPS) is 10.4. The third kappa shape index (κ3) is 2.06. The molecule has 2 aromatic rings. The molecule has 0 aliphatic carbocycles.